The number of hydrogen-bond donors (Lipinski definition) is 1. The Hall–Kier alpha value is -1.68. The number of nitrogens with one attached hydrogen (secondary N) is 1. The van der Waals surface area contributed by atoms with Gasteiger partial charge in [0.15, 0.2) is 0 Å². The fourth-order valence-corrected chi connectivity index (χ4v) is 2.31. The second-order valence-electron chi connectivity index (χ2n) is 5.16. The fraction of sp³-hybridized carbons (Fsp3) is 0.286. The summed E-state index contributed by atoms with van der Waals surface area (Å²) in [5.41, 5.74) is 3.08. The van der Waals surface area contributed by atoms with Crippen LogP contribution in [-0.4, -0.2) is 0 Å². The van der Waals surface area contributed by atoms with Crippen LogP contribution in [0.15, 0.2) is 52.9 Å². The quantitative estimate of drug-likeness (QED) is 0.594. The van der Waals surface area contributed by atoms with E-state index in [0.717, 1.165) is 5.00 Å². The van der Waals surface area contributed by atoms with Gasteiger partial charge in [-0.05, 0) is 22.9 Å². The molecule has 0 saturated heterocycles. The molecule has 0 bridgehead atoms. The third-order valence-corrected chi connectivity index (χ3v) is 3.31. The van der Waals surface area contributed by atoms with Crippen LogP contribution in [0.1, 0.15) is 20.8 Å². The van der Waals surface area contributed by atoms with E-state index in [1.54, 1.807) is 17.5 Å². The second kappa shape index (κ2) is 5.31. The van der Waals surface area contributed by atoms with E-state index in [2.05, 4.69) is 54.7 Å². The molecule has 0 saturated carbocycles. The molecule has 0 atom stereocenters. The summed E-state index contributed by atoms with van der Waals surface area (Å²) in [7, 11) is 0. The van der Waals surface area contributed by atoms with Gasteiger partial charge in [0, 0.05) is 10.9 Å². The normalized spacial score (nSPS) is 12.8. The van der Waals surface area contributed by atoms with Crippen molar-refractivity contribution in [3.63, 3.8) is 0 Å². The van der Waals surface area contributed by atoms with E-state index in [9.17, 15) is 0 Å². The lowest BCUT2D eigenvalue weighted by molar-refractivity contribution is 0.542. The minimum Gasteiger partial charge on any atom is -0.250 e. The SMILES string of the molecule is CC(C)(C)C=CN=NNc1cc2ccccc2s1. The Morgan fingerprint density at radius 3 is 2.72 bits per heavy atom. The molecule has 0 aliphatic carbocycles. The second-order valence-corrected chi connectivity index (χ2v) is 6.24. The monoisotopic (exact) mass is 259 g/mol. The molecule has 0 aliphatic rings. The van der Waals surface area contributed by atoms with E-state index in [1.165, 1.54) is 10.1 Å². The standard InChI is InChI=1S/C14H17N3S/c1-14(2,3)8-9-15-17-16-13-10-11-6-4-5-7-12(11)18-13/h4-10H,1-3H3,(H,15,16). The number of allylic oxidation sites excluding steroid dienone is 1. The summed E-state index contributed by atoms with van der Waals surface area (Å²) < 4.78 is 1.25. The highest BCUT2D eigenvalue weighted by Crippen LogP contribution is 2.29. The maximum absolute atomic E-state index is 3.96. The first kappa shape index (κ1) is 12.8. The van der Waals surface area contributed by atoms with Gasteiger partial charge in [-0.3, -0.25) is 0 Å². The van der Waals surface area contributed by atoms with Crippen molar-refractivity contribution in [3.8, 4) is 0 Å². The lowest BCUT2D eigenvalue weighted by Crippen LogP contribution is -1.97. The molecule has 0 radical (unpaired) electrons. The van der Waals surface area contributed by atoms with Crippen molar-refractivity contribution in [1.29, 1.82) is 0 Å². The van der Waals surface area contributed by atoms with Crippen LogP contribution < -0.4 is 5.43 Å². The zero-order chi connectivity index (χ0) is 13.0. The summed E-state index contributed by atoms with van der Waals surface area (Å²) >= 11 is 1.67. The van der Waals surface area contributed by atoms with Gasteiger partial charge in [0.05, 0.1) is 0 Å². The Bertz CT molecular complexity index is 543. The van der Waals surface area contributed by atoms with E-state index in [0.29, 0.717) is 0 Å². The van der Waals surface area contributed by atoms with Crippen molar-refractivity contribution in [2.45, 2.75) is 20.8 Å². The van der Waals surface area contributed by atoms with Crippen molar-refractivity contribution in [3.05, 3.63) is 42.6 Å². The number of fused-ring (bicyclic) bond motifs is 1. The largest absolute Gasteiger partial charge is 0.250 e. The summed E-state index contributed by atoms with van der Waals surface area (Å²) in [6.07, 6.45) is 3.74. The topological polar surface area (TPSA) is 36.8 Å². The van der Waals surface area contributed by atoms with Crippen LogP contribution >= 0.6 is 11.3 Å². The Morgan fingerprint density at radius 2 is 2.00 bits per heavy atom. The molecule has 2 aromatic rings. The van der Waals surface area contributed by atoms with Crippen molar-refractivity contribution < 1.29 is 0 Å². The third-order valence-electron chi connectivity index (χ3n) is 2.28. The first-order valence-corrected chi connectivity index (χ1v) is 6.68. The first-order chi connectivity index (χ1) is 8.54. The Balaban J connectivity index is 1.98. The average molecular weight is 259 g/mol. The van der Waals surface area contributed by atoms with Gasteiger partial charge in [-0.2, -0.15) is 0 Å². The first-order valence-electron chi connectivity index (χ1n) is 5.87. The maximum Gasteiger partial charge on any atom is 0.112 e. The molecule has 1 aromatic carbocycles. The van der Waals surface area contributed by atoms with Crippen LogP contribution in [0.25, 0.3) is 10.1 Å². The molecule has 0 spiro atoms. The molecule has 3 nitrogen and oxygen atoms in total. The predicted molar refractivity (Wildman–Crippen MR) is 78.9 cm³/mol. The van der Waals surface area contributed by atoms with Gasteiger partial charge < -0.3 is 0 Å². The van der Waals surface area contributed by atoms with Gasteiger partial charge >= 0.3 is 0 Å². The highest BCUT2D eigenvalue weighted by molar-refractivity contribution is 7.22. The molecule has 4 heteroatoms. The predicted octanol–water partition coefficient (Wildman–Crippen LogP) is 5.24. The lowest BCUT2D eigenvalue weighted by Gasteiger charge is -2.09. The molecule has 1 heterocycles. The molecule has 0 amide bonds. The van der Waals surface area contributed by atoms with Gasteiger partial charge in [0.25, 0.3) is 0 Å². The summed E-state index contributed by atoms with van der Waals surface area (Å²) in [6, 6.07) is 10.3. The third kappa shape index (κ3) is 3.67. The minimum atomic E-state index is 0.136. The molecular weight excluding hydrogens is 242 g/mol. The van der Waals surface area contributed by atoms with Crippen molar-refractivity contribution in [2.75, 3.05) is 5.43 Å². The highest BCUT2D eigenvalue weighted by atomic mass is 32.1. The van der Waals surface area contributed by atoms with Crippen LogP contribution in [0.2, 0.25) is 0 Å². The van der Waals surface area contributed by atoms with Gasteiger partial charge in [0.1, 0.15) is 5.00 Å². The molecule has 1 N–H and O–H groups in total. The summed E-state index contributed by atoms with van der Waals surface area (Å²) in [5.74, 6) is 0. The summed E-state index contributed by atoms with van der Waals surface area (Å²) in [6.45, 7) is 6.37. The molecule has 0 unspecified atom stereocenters. The van der Waals surface area contributed by atoms with Crippen LogP contribution in [-0.2, 0) is 0 Å². The Morgan fingerprint density at radius 1 is 1.22 bits per heavy atom. The van der Waals surface area contributed by atoms with E-state index >= 15 is 0 Å². The number of anilines is 1. The number of hydrogen-bond acceptors (Lipinski definition) is 3. The van der Waals surface area contributed by atoms with E-state index in [-0.39, 0.29) is 5.41 Å². The smallest absolute Gasteiger partial charge is 0.112 e. The molecule has 0 aliphatic heterocycles. The molecule has 0 fully saturated rings. The Labute approximate surface area is 111 Å². The molecule has 2 rings (SSSR count). The Kier molecular flexibility index (Phi) is 3.77. The summed E-state index contributed by atoms with van der Waals surface area (Å²) in [4.78, 5) is 0. The van der Waals surface area contributed by atoms with Crippen LogP contribution in [0.3, 0.4) is 0 Å². The van der Waals surface area contributed by atoms with Crippen molar-refractivity contribution in [2.24, 2.45) is 15.8 Å². The van der Waals surface area contributed by atoms with Crippen LogP contribution in [0.4, 0.5) is 5.00 Å². The van der Waals surface area contributed by atoms with E-state index < -0.39 is 0 Å². The van der Waals surface area contributed by atoms with Gasteiger partial charge in [-0.25, -0.2) is 5.43 Å². The molecular formula is C14H17N3S. The maximum atomic E-state index is 3.96. The zero-order valence-electron chi connectivity index (χ0n) is 10.8. The van der Waals surface area contributed by atoms with Crippen molar-refractivity contribution >= 4 is 26.4 Å². The van der Waals surface area contributed by atoms with Gasteiger partial charge in [-0.1, -0.05) is 50.3 Å². The molecule has 18 heavy (non-hydrogen) atoms. The summed E-state index contributed by atoms with van der Waals surface area (Å²) in [5, 5.41) is 10.1. The highest BCUT2D eigenvalue weighted by Gasteiger charge is 2.02. The number of benzene rings is 1. The fourth-order valence-electron chi connectivity index (χ4n) is 1.41. The minimum absolute atomic E-state index is 0.136. The van der Waals surface area contributed by atoms with Gasteiger partial charge in [0.2, 0.25) is 0 Å². The lowest BCUT2D eigenvalue weighted by atomic mass is 9.97. The van der Waals surface area contributed by atoms with E-state index in [1.807, 2.05) is 18.2 Å². The van der Waals surface area contributed by atoms with E-state index in [4.69, 9.17) is 0 Å². The van der Waals surface area contributed by atoms with Crippen LogP contribution in [0, 0.1) is 5.41 Å². The zero-order valence-corrected chi connectivity index (χ0v) is 11.7. The average Bonchev–Trinajstić information content (AvgIpc) is 2.69. The molecule has 1 aromatic heterocycles. The van der Waals surface area contributed by atoms with Crippen molar-refractivity contribution in [1.82, 2.24) is 0 Å². The number of rotatable bonds is 3. The number of thiophene rings is 1. The van der Waals surface area contributed by atoms with Crippen LogP contribution in [0.5, 0.6) is 0 Å². The molecule has 94 valence electrons. The number of nitrogens with zero attached hydrogens (tertiary/aromatic N) is 2. The van der Waals surface area contributed by atoms with Gasteiger partial charge in [-0.15, -0.1) is 16.5 Å².